The Balaban J connectivity index is 1.57. The highest BCUT2D eigenvalue weighted by molar-refractivity contribution is 7.90. The van der Waals surface area contributed by atoms with Crippen LogP contribution in [-0.4, -0.2) is 78.6 Å². The van der Waals surface area contributed by atoms with Crippen LogP contribution in [0.4, 0.5) is 0 Å². The fourth-order valence-corrected chi connectivity index (χ4v) is 3.83. The van der Waals surface area contributed by atoms with Crippen molar-refractivity contribution in [3.63, 3.8) is 0 Å². The quantitative estimate of drug-likeness (QED) is 0.772. The highest BCUT2D eigenvalue weighted by Crippen LogP contribution is 2.20. The molecule has 0 spiro atoms. The summed E-state index contributed by atoms with van der Waals surface area (Å²) in [7, 11) is -2.93. The summed E-state index contributed by atoms with van der Waals surface area (Å²) in [6, 6.07) is 0. The van der Waals surface area contributed by atoms with E-state index in [9.17, 15) is 13.2 Å². The number of aryl methyl sites for hydroxylation is 1. The zero-order valence-corrected chi connectivity index (χ0v) is 14.4. The van der Waals surface area contributed by atoms with Crippen LogP contribution in [0.3, 0.4) is 0 Å². The van der Waals surface area contributed by atoms with Gasteiger partial charge in [0.2, 0.25) is 0 Å². The number of carbonyl (C=O) groups is 1. The third-order valence-corrected chi connectivity index (χ3v) is 5.57. The lowest BCUT2D eigenvalue weighted by molar-refractivity contribution is 0.0642. The van der Waals surface area contributed by atoms with Crippen LogP contribution in [-0.2, 0) is 22.8 Å². The van der Waals surface area contributed by atoms with Crippen LogP contribution in [0.2, 0.25) is 0 Å². The second kappa shape index (κ2) is 6.60. The number of hydrogen-bond acceptors (Lipinski definition) is 5. The second-order valence-corrected chi connectivity index (χ2v) is 8.71. The van der Waals surface area contributed by atoms with Crippen LogP contribution in [0.5, 0.6) is 0 Å². The van der Waals surface area contributed by atoms with Gasteiger partial charge in [-0.3, -0.25) is 14.4 Å². The summed E-state index contributed by atoms with van der Waals surface area (Å²) in [6.07, 6.45) is 6.14. The van der Waals surface area contributed by atoms with Crippen LogP contribution in [0.1, 0.15) is 28.9 Å². The van der Waals surface area contributed by atoms with Crippen molar-refractivity contribution in [1.29, 1.82) is 0 Å². The SMILES string of the molecule is CS(=O)(=O)CCN1CCN(C(=O)c2cnn3c2CCCC3)CC1. The third kappa shape index (κ3) is 3.92. The Labute approximate surface area is 137 Å². The maximum atomic E-state index is 12.7. The normalized spacial score (nSPS) is 19.6. The maximum absolute atomic E-state index is 12.7. The van der Waals surface area contributed by atoms with Crippen LogP contribution in [0.25, 0.3) is 0 Å². The lowest BCUT2D eigenvalue weighted by Crippen LogP contribution is -2.49. The number of amides is 1. The molecule has 3 heterocycles. The van der Waals surface area contributed by atoms with E-state index in [0.29, 0.717) is 19.6 Å². The molecule has 0 aromatic carbocycles. The predicted molar refractivity (Wildman–Crippen MR) is 87.2 cm³/mol. The lowest BCUT2D eigenvalue weighted by atomic mass is 10.1. The van der Waals surface area contributed by atoms with Crippen molar-refractivity contribution < 1.29 is 13.2 Å². The van der Waals surface area contributed by atoms with E-state index in [1.807, 2.05) is 9.58 Å². The molecule has 1 fully saturated rings. The molecule has 0 unspecified atom stereocenters. The summed E-state index contributed by atoms with van der Waals surface area (Å²) in [5.41, 5.74) is 1.81. The van der Waals surface area contributed by atoms with Gasteiger partial charge >= 0.3 is 0 Å². The molecule has 0 radical (unpaired) electrons. The van der Waals surface area contributed by atoms with Gasteiger partial charge in [-0.1, -0.05) is 0 Å². The van der Waals surface area contributed by atoms with Crippen molar-refractivity contribution in [3.05, 3.63) is 17.5 Å². The molecule has 1 aromatic rings. The molecule has 8 heteroatoms. The summed E-state index contributed by atoms with van der Waals surface area (Å²) in [5, 5.41) is 4.34. The van der Waals surface area contributed by atoms with Gasteiger partial charge in [0.05, 0.1) is 23.2 Å². The number of fused-ring (bicyclic) bond motifs is 1. The zero-order chi connectivity index (χ0) is 16.4. The fraction of sp³-hybridized carbons (Fsp3) is 0.733. The molecular weight excluding hydrogens is 316 g/mol. The molecule has 128 valence electrons. The topological polar surface area (TPSA) is 75.5 Å². The van der Waals surface area contributed by atoms with Gasteiger partial charge in [0.1, 0.15) is 9.84 Å². The zero-order valence-electron chi connectivity index (χ0n) is 13.6. The molecule has 23 heavy (non-hydrogen) atoms. The standard InChI is InChI=1S/C15H24N4O3S/c1-23(21,22)11-10-17-6-8-18(9-7-17)15(20)13-12-16-19-5-3-2-4-14(13)19/h12H,2-11H2,1H3. The van der Waals surface area contributed by atoms with E-state index in [4.69, 9.17) is 0 Å². The molecule has 0 N–H and O–H groups in total. The highest BCUT2D eigenvalue weighted by Gasteiger charge is 2.27. The van der Waals surface area contributed by atoms with Gasteiger partial charge in [0.25, 0.3) is 5.91 Å². The van der Waals surface area contributed by atoms with E-state index in [-0.39, 0.29) is 11.7 Å². The molecule has 0 saturated carbocycles. The molecule has 1 saturated heterocycles. The number of rotatable bonds is 4. The Morgan fingerprint density at radius 1 is 1.17 bits per heavy atom. The number of nitrogens with zero attached hydrogens (tertiary/aromatic N) is 4. The van der Waals surface area contributed by atoms with Gasteiger partial charge in [-0.15, -0.1) is 0 Å². The highest BCUT2D eigenvalue weighted by atomic mass is 32.2. The molecular formula is C15H24N4O3S. The number of piperazine rings is 1. The molecule has 0 atom stereocenters. The summed E-state index contributed by atoms with van der Waals surface area (Å²) in [6.45, 7) is 4.20. The minimum Gasteiger partial charge on any atom is -0.336 e. The summed E-state index contributed by atoms with van der Waals surface area (Å²) < 4.78 is 24.4. The van der Waals surface area contributed by atoms with Gasteiger partial charge in [-0.25, -0.2) is 8.42 Å². The molecule has 1 aromatic heterocycles. The van der Waals surface area contributed by atoms with Crippen LogP contribution in [0, 0.1) is 0 Å². The van der Waals surface area contributed by atoms with Gasteiger partial charge in [0, 0.05) is 45.5 Å². The number of sulfone groups is 1. The number of carbonyl (C=O) groups excluding carboxylic acids is 1. The Bertz CT molecular complexity index is 675. The van der Waals surface area contributed by atoms with Crippen LogP contribution >= 0.6 is 0 Å². The summed E-state index contributed by atoms with van der Waals surface area (Å²) in [5.74, 6) is 0.244. The average Bonchev–Trinajstić information content (AvgIpc) is 2.96. The van der Waals surface area contributed by atoms with E-state index in [0.717, 1.165) is 50.2 Å². The Morgan fingerprint density at radius 2 is 1.91 bits per heavy atom. The first-order chi connectivity index (χ1) is 10.9. The van der Waals surface area contributed by atoms with Crippen molar-refractivity contribution in [2.45, 2.75) is 25.8 Å². The predicted octanol–water partition coefficient (Wildman–Crippen LogP) is 0.0218. The molecule has 0 bridgehead atoms. The van der Waals surface area contributed by atoms with E-state index in [2.05, 4.69) is 10.00 Å². The Morgan fingerprint density at radius 3 is 2.61 bits per heavy atom. The maximum Gasteiger partial charge on any atom is 0.257 e. The monoisotopic (exact) mass is 340 g/mol. The van der Waals surface area contributed by atoms with Crippen molar-refractivity contribution in [3.8, 4) is 0 Å². The average molecular weight is 340 g/mol. The van der Waals surface area contributed by atoms with Crippen LogP contribution < -0.4 is 0 Å². The fourth-order valence-electron chi connectivity index (χ4n) is 3.24. The first-order valence-electron chi connectivity index (χ1n) is 8.18. The molecule has 2 aliphatic rings. The van der Waals surface area contributed by atoms with Crippen molar-refractivity contribution in [2.24, 2.45) is 0 Å². The Kier molecular flexibility index (Phi) is 4.72. The largest absolute Gasteiger partial charge is 0.336 e. The van der Waals surface area contributed by atoms with Crippen molar-refractivity contribution >= 4 is 15.7 Å². The molecule has 7 nitrogen and oxygen atoms in total. The number of hydrogen-bond donors (Lipinski definition) is 0. The van der Waals surface area contributed by atoms with E-state index in [1.54, 1.807) is 6.20 Å². The minimum atomic E-state index is -2.93. The van der Waals surface area contributed by atoms with Gasteiger partial charge in [-0.2, -0.15) is 5.10 Å². The smallest absolute Gasteiger partial charge is 0.257 e. The summed E-state index contributed by atoms with van der Waals surface area (Å²) >= 11 is 0. The number of aromatic nitrogens is 2. The molecule has 1 amide bonds. The lowest BCUT2D eigenvalue weighted by Gasteiger charge is -2.34. The van der Waals surface area contributed by atoms with Gasteiger partial charge in [-0.05, 0) is 19.3 Å². The van der Waals surface area contributed by atoms with Crippen molar-refractivity contribution in [1.82, 2.24) is 19.6 Å². The molecule has 0 aliphatic carbocycles. The molecule has 2 aliphatic heterocycles. The third-order valence-electron chi connectivity index (χ3n) is 4.65. The Hall–Kier alpha value is -1.41. The first-order valence-corrected chi connectivity index (χ1v) is 10.2. The molecule has 3 rings (SSSR count). The van der Waals surface area contributed by atoms with E-state index >= 15 is 0 Å². The minimum absolute atomic E-state index is 0.0657. The van der Waals surface area contributed by atoms with E-state index in [1.165, 1.54) is 6.26 Å². The van der Waals surface area contributed by atoms with Gasteiger partial charge in [0.15, 0.2) is 0 Å². The van der Waals surface area contributed by atoms with E-state index < -0.39 is 9.84 Å². The second-order valence-electron chi connectivity index (χ2n) is 6.45. The van der Waals surface area contributed by atoms with Gasteiger partial charge < -0.3 is 4.90 Å². The summed E-state index contributed by atoms with van der Waals surface area (Å²) in [4.78, 5) is 16.7. The first kappa shape index (κ1) is 16.4. The van der Waals surface area contributed by atoms with Crippen LogP contribution in [0.15, 0.2) is 6.20 Å². The van der Waals surface area contributed by atoms with Crippen molar-refractivity contribution in [2.75, 3.05) is 44.7 Å².